The van der Waals surface area contributed by atoms with Crippen LogP contribution in [-0.2, 0) is 4.74 Å². The molecule has 0 saturated heterocycles. The number of fused-ring (bicyclic) bond motifs is 1. The van der Waals surface area contributed by atoms with Crippen molar-refractivity contribution in [2.24, 2.45) is 0 Å². The van der Waals surface area contributed by atoms with Gasteiger partial charge < -0.3 is 20.1 Å². The summed E-state index contributed by atoms with van der Waals surface area (Å²) in [5.74, 6) is -0.573. The van der Waals surface area contributed by atoms with Crippen molar-refractivity contribution in [3.63, 3.8) is 0 Å². The van der Waals surface area contributed by atoms with E-state index in [1.807, 2.05) is 0 Å². The number of benzene rings is 1. The van der Waals surface area contributed by atoms with Crippen molar-refractivity contribution in [1.29, 1.82) is 0 Å². The Balaban J connectivity index is 1.93. The lowest BCUT2D eigenvalue weighted by molar-refractivity contribution is 0.0520. The molecule has 3 rings (SSSR count). The van der Waals surface area contributed by atoms with Crippen LogP contribution in [0.4, 0.5) is 0 Å². The Bertz CT molecular complexity index is 731. The molecule has 0 unspecified atom stereocenters. The van der Waals surface area contributed by atoms with Gasteiger partial charge >= 0.3 is 5.97 Å². The van der Waals surface area contributed by atoms with Gasteiger partial charge in [-0.3, -0.25) is 4.79 Å². The highest BCUT2D eigenvalue weighted by Crippen LogP contribution is 2.29. The first kappa shape index (κ1) is 14.6. The van der Waals surface area contributed by atoms with Crippen LogP contribution in [0.5, 0.6) is 5.75 Å². The molecule has 22 heavy (non-hydrogen) atoms. The first-order chi connectivity index (χ1) is 10.6. The topological polar surface area (TPSA) is 91.4 Å². The number of carbonyl (C=O) groups excluding carboxylic acids is 2. The van der Waals surface area contributed by atoms with Gasteiger partial charge in [0.2, 0.25) is 0 Å². The number of carbonyl (C=O) groups is 2. The second-order valence-corrected chi connectivity index (χ2v) is 5.40. The third kappa shape index (κ3) is 2.82. The molecule has 0 atom stereocenters. The molecule has 2 aromatic rings. The summed E-state index contributed by atoms with van der Waals surface area (Å²) in [6.45, 7) is 2.23. The largest absolute Gasteiger partial charge is 0.506 e. The average molecular weight is 302 g/mol. The minimum atomic E-state index is -0.507. The molecule has 116 valence electrons. The Morgan fingerprint density at radius 2 is 2.18 bits per heavy atom. The van der Waals surface area contributed by atoms with Gasteiger partial charge in [0.25, 0.3) is 0 Å². The lowest BCUT2D eigenvalue weighted by atomic mass is 10.1. The quantitative estimate of drug-likeness (QED) is 0.560. The number of H-pyrrole nitrogens is 1. The number of aromatic amines is 1. The summed E-state index contributed by atoms with van der Waals surface area (Å²) in [4.78, 5) is 27.0. The van der Waals surface area contributed by atoms with Crippen molar-refractivity contribution in [1.82, 2.24) is 10.3 Å². The average Bonchev–Trinajstić information content (AvgIpc) is 3.21. The summed E-state index contributed by atoms with van der Waals surface area (Å²) in [7, 11) is 0. The number of hydrogen-bond acceptors (Lipinski definition) is 5. The molecule has 1 heterocycles. The fourth-order valence-corrected chi connectivity index (χ4v) is 2.39. The summed E-state index contributed by atoms with van der Waals surface area (Å²) in [6, 6.07) is 5.03. The Kier molecular flexibility index (Phi) is 3.85. The van der Waals surface area contributed by atoms with Crippen LogP contribution < -0.4 is 5.32 Å². The molecule has 0 bridgehead atoms. The molecule has 6 heteroatoms. The number of ketones is 1. The highest BCUT2D eigenvalue weighted by atomic mass is 16.5. The predicted octanol–water partition coefficient (Wildman–Crippen LogP) is 1.98. The Hall–Kier alpha value is -2.34. The maximum absolute atomic E-state index is 12.3. The van der Waals surface area contributed by atoms with Crippen LogP contribution in [0.15, 0.2) is 18.2 Å². The van der Waals surface area contributed by atoms with Gasteiger partial charge in [0.1, 0.15) is 11.4 Å². The van der Waals surface area contributed by atoms with E-state index < -0.39 is 5.97 Å². The van der Waals surface area contributed by atoms with Crippen LogP contribution in [0.3, 0.4) is 0 Å². The number of esters is 1. The van der Waals surface area contributed by atoms with E-state index in [0.29, 0.717) is 22.5 Å². The van der Waals surface area contributed by atoms with E-state index in [1.165, 1.54) is 6.07 Å². The van der Waals surface area contributed by atoms with Crippen LogP contribution >= 0.6 is 0 Å². The zero-order valence-electron chi connectivity index (χ0n) is 12.3. The molecule has 1 saturated carbocycles. The van der Waals surface area contributed by atoms with Crippen molar-refractivity contribution in [3.05, 3.63) is 29.5 Å². The number of nitrogens with one attached hydrogen (secondary N) is 2. The monoisotopic (exact) mass is 302 g/mol. The Morgan fingerprint density at radius 3 is 2.86 bits per heavy atom. The van der Waals surface area contributed by atoms with Crippen LogP contribution in [0.1, 0.15) is 40.6 Å². The normalized spacial score (nSPS) is 14.2. The highest BCUT2D eigenvalue weighted by molar-refractivity contribution is 6.11. The van der Waals surface area contributed by atoms with Crippen molar-refractivity contribution in [3.8, 4) is 5.75 Å². The third-order valence-corrected chi connectivity index (χ3v) is 3.70. The maximum atomic E-state index is 12.3. The zero-order chi connectivity index (χ0) is 15.7. The molecule has 0 amide bonds. The summed E-state index contributed by atoms with van der Waals surface area (Å²) < 4.78 is 4.94. The van der Waals surface area contributed by atoms with E-state index in [9.17, 15) is 14.7 Å². The van der Waals surface area contributed by atoms with Crippen LogP contribution in [-0.4, -0.2) is 41.0 Å². The smallest absolute Gasteiger partial charge is 0.354 e. The van der Waals surface area contributed by atoms with E-state index in [4.69, 9.17) is 4.74 Å². The third-order valence-electron chi connectivity index (χ3n) is 3.70. The number of Topliss-reactive ketones (excluding diaryl/α,β-unsaturated/α-hetero) is 1. The molecule has 1 aromatic carbocycles. The minimum absolute atomic E-state index is 0.00255. The molecule has 0 spiro atoms. The lowest BCUT2D eigenvalue weighted by Crippen LogP contribution is -2.24. The molecule has 1 aromatic heterocycles. The number of ether oxygens (including phenoxy) is 1. The van der Waals surface area contributed by atoms with Gasteiger partial charge in [0, 0.05) is 17.0 Å². The first-order valence-corrected chi connectivity index (χ1v) is 7.38. The highest BCUT2D eigenvalue weighted by Gasteiger charge is 2.23. The molecule has 0 aliphatic heterocycles. The van der Waals surface area contributed by atoms with Gasteiger partial charge in [-0.05, 0) is 38.0 Å². The second kappa shape index (κ2) is 5.81. The lowest BCUT2D eigenvalue weighted by Gasteiger charge is -2.05. The number of phenols is 1. The number of rotatable bonds is 6. The maximum Gasteiger partial charge on any atom is 0.354 e. The number of aromatic nitrogens is 1. The van der Waals surface area contributed by atoms with Gasteiger partial charge in [0.15, 0.2) is 5.78 Å². The number of phenolic OH excluding ortho intramolecular Hbond substituents is 1. The second-order valence-electron chi connectivity index (χ2n) is 5.40. The Labute approximate surface area is 127 Å². The number of hydrogen-bond donors (Lipinski definition) is 3. The van der Waals surface area contributed by atoms with E-state index >= 15 is 0 Å². The molecule has 1 fully saturated rings. The van der Waals surface area contributed by atoms with Crippen molar-refractivity contribution in [2.45, 2.75) is 25.8 Å². The summed E-state index contributed by atoms with van der Waals surface area (Å²) in [6.07, 6.45) is 2.21. The SMILES string of the molecule is CCOC(=O)c1cc2c(C(=O)CNC3CC3)ccc(O)c2[nH]1. The van der Waals surface area contributed by atoms with Crippen LogP contribution in [0.25, 0.3) is 10.9 Å². The predicted molar refractivity (Wildman–Crippen MR) is 81.3 cm³/mol. The first-order valence-electron chi connectivity index (χ1n) is 7.38. The summed E-state index contributed by atoms with van der Waals surface area (Å²) in [5, 5.41) is 13.6. The summed E-state index contributed by atoms with van der Waals surface area (Å²) in [5.41, 5.74) is 1.08. The summed E-state index contributed by atoms with van der Waals surface area (Å²) >= 11 is 0. The van der Waals surface area contributed by atoms with Crippen LogP contribution in [0, 0.1) is 0 Å². The van der Waals surface area contributed by atoms with Gasteiger partial charge in [-0.2, -0.15) is 0 Å². The van der Waals surface area contributed by atoms with E-state index in [0.717, 1.165) is 12.8 Å². The molecular formula is C16H18N2O4. The standard InChI is InChI=1S/C16H18N2O4/c1-2-22-16(21)12-7-11-10(5-6-13(19)15(11)18-12)14(20)8-17-9-3-4-9/h5-7,9,17-19H,2-4,8H2,1H3. The van der Waals surface area contributed by atoms with Gasteiger partial charge in [-0.1, -0.05) is 0 Å². The Morgan fingerprint density at radius 1 is 1.41 bits per heavy atom. The van der Waals surface area contributed by atoms with Crippen LogP contribution in [0.2, 0.25) is 0 Å². The molecule has 0 radical (unpaired) electrons. The van der Waals surface area contributed by atoms with Gasteiger partial charge in [-0.25, -0.2) is 4.79 Å². The zero-order valence-corrected chi connectivity index (χ0v) is 12.3. The fraction of sp³-hybridized carbons (Fsp3) is 0.375. The van der Waals surface area contributed by atoms with Crippen molar-refractivity contribution >= 4 is 22.7 Å². The fourth-order valence-electron chi connectivity index (χ4n) is 2.39. The van der Waals surface area contributed by atoms with Gasteiger partial charge in [0.05, 0.1) is 18.7 Å². The molecule has 1 aliphatic carbocycles. The molecular weight excluding hydrogens is 284 g/mol. The molecule has 6 nitrogen and oxygen atoms in total. The van der Waals surface area contributed by atoms with E-state index in [2.05, 4.69) is 10.3 Å². The minimum Gasteiger partial charge on any atom is -0.506 e. The molecule has 1 aliphatic rings. The van der Waals surface area contributed by atoms with E-state index in [1.54, 1.807) is 19.1 Å². The van der Waals surface area contributed by atoms with Crippen molar-refractivity contribution in [2.75, 3.05) is 13.2 Å². The van der Waals surface area contributed by atoms with E-state index in [-0.39, 0.29) is 30.4 Å². The van der Waals surface area contributed by atoms with Crippen molar-refractivity contribution < 1.29 is 19.4 Å². The number of aromatic hydroxyl groups is 1. The molecule has 3 N–H and O–H groups in total. The van der Waals surface area contributed by atoms with Gasteiger partial charge in [-0.15, -0.1) is 0 Å².